The van der Waals surface area contributed by atoms with Crippen LogP contribution < -0.4 is 11.1 Å². The zero-order valence-corrected chi connectivity index (χ0v) is 16.8. The molecule has 0 radical (unpaired) electrons. The minimum atomic E-state index is -4.61. The Kier molecular flexibility index (Phi) is 5.49. The van der Waals surface area contributed by atoms with Gasteiger partial charge in [0, 0.05) is 28.3 Å². The Morgan fingerprint density at radius 1 is 1.09 bits per heavy atom. The largest absolute Gasteiger partial charge is 0.416 e. The van der Waals surface area contributed by atoms with Crippen LogP contribution in [-0.2, 0) is 6.18 Å². The van der Waals surface area contributed by atoms with Crippen LogP contribution in [0.25, 0.3) is 21.8 Å². The van der Waals surface area contributed by atoms with Gasteiger partial charge in [0.2, 0.25) is 11.8 Å². The lowest BCUT2D eigenvalue weighted by Crippen LogP contribution is -2.15. The summed E-state index contributed by atoms with van der Waals surface area (Å²) in [5.74, 6) is -1.73. The smallest absolute Gasteiger partial charge is 0.366 e. The molecule has 0 saturated heterocycles. The third kappa shape index (κ3) is 4.10. The molecule has 0 unspecified atom stereocenters. The van der Waals surface area contributed by atoms with Crippen LogP contribution >= 0.6 is 11.3 Å². The summed E-state index contributed by atoms with van der Waals surface area (Å²) in [5.41, 5.74) is 5.23. The molecule has 2 amide bonds. The van der Waals surface area contributed by atoms with Gasteiger partial charge in [-0.1, -0.05) is 29.4 Å². The first-order chi connectivity index (χ1) is 15.3. The van der Waals surface area contributed by atoms with E-state index < -0.39 is 23.6 Å². The molecular formula is C21H13F3N4O3S. The number of primary amides is 1. The molecule has 0 aliphatic rings. The molecule has 7 nitrogen and oxygen atoms in total. The van der Waals surface area contributed by atoms with Crippen molar-refractivity contribution >= 4 is 29.0 Å². The topological polar surface area (TPSA) is 111 Å². The van der Waals surface area contributed by atoms with Gasteiger partial charge in [0.05, 0.1) is 11.1 Å². The molecule has 0 atom stereocenters. The molecule has 0 spiro atoms. The van der Waals surface area contributed by atoms with Crippen LogP contribution in [0, 0.1) is 0 Å². The van der Waals surface area contributed by atoms with Gasteiger partial charge < -0.3 is 10.3 Å². The molecule has 0 saturated carbocycles. The summed E-state index contributed by atoms with van der Waals surface area (Å²) in [6, 6.07) is 10.3. The van der Waals surface area contributed by atoms with Gasteiger partial charge in [-0.25, -0.2) is 4.98 Å². The van der Waals surface area contributed by atoms with E-state index in [4.69, 9.17) is 10.3 Å². The minimum Gasteiger partial charge on any atom is -0.366 e. The lowest BCUT2D eigenvalue weighted by atomic mass is 9.99. The second-order valence-electron chi connectivity index (χ2n) is 6.52. The second kappa shape index (κ2) is 8.27. The van der Waals surface area contributed by atoms with E-state index in [0.29, 0.717) is 10.6 Å². The molecule has 4 aromatic rings. The van der Waals surface area contributed by atoms with Crippen molar-refractivity contribution in [2.24, 2.45) is 5.73 Å². The zero-order valence-electron chi connectivity index (χ0n) is 16.0. The number of alkyl halides is 3. The number of hydrogen-bond acceptors (Lipinski definition) is 6. The number of carbonyl (C=O) groups excluding carboxylic acids is 2. The number of rotatable bonds is 5. The molecule has 0 aliphatic heterocycles. The molecule has 162 valence electrons. The van der Waals surface area contributed by atoms with Crippen LogP contribution in [0.1, 0.15) is 26.3 Å². The summed E-state index contributed by atoms with van der Waals surface area (Å²) in [7, 11) is 0. The fourth-order valence-corrected chi connectivity index (χ4v) is 3.66. The van der Waals surface area contributed by atoms with Crippen LogP contribution in [0.15, 0.2) is 64.6 Å². The van der Waals surface area contributed by atoms with Crippen LogP contribution in [0.3, 0.4) is 0 Å². The molecule has 0 bridgehead atoms. The molecule has 11 heteroatoms. The van der Waals surface area contributed by atoms with E-state index in [2.05, 4.69) is 15.5 Å². The molecule has 2 aromatic heterocycles. The summed E-state index contributed by atoms with van der Waals surface area (Å²) in [5, 5.41) is 8.56. The third-order valence-corrected chi connectivity index (χ3v) is 5.25. The van der Waals surface area contributed by atoms with E-state index in [1.807, 2.05) is 0 Å². The number of anilines is 1. The van der Waals surface area contributed by atoms with Gasteiger partial charge in [0.15, 0.2) is 5.69 Å². The van der Waals surface area contributed by atoms with Crippen molar-refractivity contribution in [3.63, 3.8) is 0 Å². The Morgan fingerprint density at radius 3 is 2.56 bits per heavy atom. The minimum absolute atomic E-state index is 0.142. The maximum atomic E-state index is 13.0. The normalized spacial score (nSPS) is 11.3. The quantitative estimate of drug-likeness (QED) is 0.445. The number of thiazole rings is 1. The predicted molar refractivity (Wildman–Crippen MR) is 111 cm³/mol. The number of carbonyl (C=O) groups is 2. The van der Waals surface area contributed by atoms with Crippen LogP contribution in [0.2, 0.25) is 0 Å². The van der Waals surface area contributed by atoms with Gasteiger partial charge in [-0.15, -0.1) is 11.3 Å². The summed E-state index contributed by atoms with van der Waals surface area (Å²) in [4.78, 5) is 28.9. The SMILES string of the molecule is NC(=O)c1ccccc1-c1c(-c2nccs2)noc1NC(=O)c1cccc(C(F)(F)F)c1. The Hall–Kier alpha value is -3.99. The van der Waals surface area contributed by atoms with Gasteiger partial charge in [0.1, 0.15) is 5.01 Å². The molecule has 2 aromatic carbocycles. The molecular weight excluding hydrogens is 445 g/mol. The average Bonchev–Trinajstić information content (AvgIpc) is 3.43. The van der Waals surface area contributed by atoms with Gasteiger partial charge in [-0.05, 0) is 24.3 Å². The van der Waals surface area contributed by atoms with Crippen molar-refractivity contribution < 1.29 is 27.3 Å². The van der Waals surface area contributed by atoms with Gasteiger partial charge in [-0.2, -0.15) is 13.2 Å². The number of nitrogens with zero attached hydrogens (tertiary/aromatic N) is 2. The van der Waals surface area contributed by atoms with E-state index in [-0.39, 0.29) is 28.3 Å². The van der Waals surface area contributed by atoms with Crippen LogP contribution in [0.4, 0.5) is 19.1 Å². The summed E-state index contributed by atoms with van der Waals surface area (Å²) >= 11 is 1.24. The van der Waals surface area contributed by atoms with Crippen LogP contribution in [-0.4, -0.2) is 22.0 Å². The third-order valence-electron chi connectivity index (χ3n) is 4.47. The fraction of sp³-hybridized carbons (Fsp3) is 0.0476. The number of halogens is 3. The van der Waals surface area contributed by atoms with Gasteiger partial charge >= 0.3 is 6.18 Å². The highest BCUT2D eigenvalue weighted by Gasteiger charge is 2.31. The van der Waals surface area contributed by atoms with Gasteiger partial charge in [0.25, 0.3) is 5.91 Å². The highest BCUT2D eigenvalue weighted by atomic mass is 32.1. The summed E-state index contributed by atoms with van der Waals surface area (Å²) in [6.07, 6.45) is -3.06. The summed E-state index contributed by atoms with van der Waals surface area (Å²) in [6.45, 7) is 0. The molecule has 2 heterocycles. The number of nitrogens with two attached hydrogens (primary N) is 1. The van der Waals surface area contributed by atoms with Crippen molar-refractivity contribution in [3.8, 4) is 21.8 Å². The van der Waals surface area contributed by atoms with Crippen LogP contribution in [0.5, 0.6) is 0 Å². The number of benzene rings is 2. The fourth-order valence-electron chi connectivity index (χ4n) is 3.04. The maximum absolute atomic E-state index is 13.0. The zero-order chi connectivity index (χ0) is 22.9. The number of hydrogen-bond donors (Lipinski definition) is 2. The van der Waals surface area contributed by atoms with Crippen molar-refractivity contribution in [2.45, 2.75) is 6.18 Å². The van der Waals surface area contributed by atoms with Gasteiger partial charge in [-0.3, -0.25) is 14.9 Å². The van der Waals surface area contributed by atoms with Crippen molar-refractivity contribution in [2.75, 3.05) is 5.32 Å². The Morgan fingerprint density at radius 2 is 1.88 bits per heavy atom. The van der Waals surface area contributed by atoms with E-state index >= 15 is 0 Å². The monoisotopic (exact) mass is 458 g/mol. The number of aromatic nitrogens is 2. The Labute approximate surface area is 182 Å². The molecule has 0 aliphatic carbocycles. The Balaban J connectivity index is 1.80. The first-order valence-electron chi connectivity index (χ1n) is 9.03. The summed E-state index contributed by atoms with van der Waals surface area (Å²) < 4.78 is 44.4. The molecule has 4 rings (SSSR count). The van der Waals surface area contributed by atoms with E-state index in [0.717, 1.165) is 18.2 Å². The standard InChI is InChI=1S/C21H13F3N4O3S/c22-21(23,24)12-5-3-4-11(10-12)18(30)27-19-15(13-6-1-2-7-14(13)17(25)29)16(28-31-19)20-26-8-9-32-20/h1-10H,(H2,25,29)(H,27,30). The van der Waals surface area contributed by atoms with E-state index in [9.17, 15) is 22.8 Å². The van der Waals surface area contributed by atoms with E-state index in [1.54, 1.807) is 29.8 Å². The number of amides is 2. The van der Waals surface area contributed by atoms with Crippen molar-refractivity contribution in [3.05, 3.63) is 76.8 Å². The average molecular weight is 458 g/mol. The highest BCUT2D eigenvalue weighted by Crippen LogP contribution is 2.40. The van der Waals surface area contributed by atoms with Crippen molar-refractivity contribution in [1.29, 1.82) is 0 Å². The predicted octanol–water partition coefficient (Wildman–Crippen LogP) is 4.84. The maximum Gasteiger partial charge on any atom is 0.416 e. The molecule has 0 fully saturated rings. The number of nitrogens with one attached hydrogen (secondary N) is 1. The molecule has 3 N–H and O–H groups in total. The van der Waals surface area contributed by atoms with E-state index in [1.165, 1.54) is 23.5 Å². The molecule has 32 heavy (non-hydrogen) atoms. The first-order valence-corrected chi connectivity index (χ1v) is 9.91. The lowest BCUT2D eigenvalue weighted by Gasteiger charge is -2.10. The second-order valence-corrected chi connectivity index (χ2v) is 7.41. The first kappa shape index (κ1) is 21.2. The lowest BCUT2D eigenvalue weighted by molar-refractivity contribution is -0.137. The van der Waals surface area contributed by atoms with Crippen molar-refractivity contribution in [1.82, 2.24) is 10.1 Å². The Bertz CT molecular complexity index is 1300. The highest BCUT2D eigenvalue weighted by molar-refractivity contribution is 7.13.